The van der Waals surface area contributed by atoms with Crippen molar-refractivity contribution in [2.75, 3.05) is 19.7 Å². The molecule has 8 nitrogen and oxygen atoms in total. The molecule has 0 spiro atoms. The Morgan fingerprint density at radius 3 is 2.72 bits per heavy atom. The van der Waals surface area contributed by atoms with Crippen molar-refractivity contribution in [1.82, 2.24) is 25.2 Å². The molecule has 3 aromatic carbocycles. The van der Waals surface area contributed by atoms with Crippen LogP contribution >= 0.6 is 0 Å². The number of para-hydroxylation sites is 1. The summed E-state index contributed by atoms with van der Waals surface area (Å²) in [6, 6.07) is 20.3. The largest absolute Gasteiger partial charge is 0.376 e. The van der Waals surface area contributed by atoms with Gasteiger partial charge in [0.25, 0.3) is 0 Å². The Balaban J connectivity index is 1.46. The van der Waals surface area contributed by atoms with E-state index >= 15 is 0 Å². The van der Waals surface area contributed by atoms with E-state index in [2.05, 4.69) is 21.7 Å². The van der Waals surface area contributed by atoms with Gasteiger partial charge in [-0.05, 0) is 61.6 Å². The highest BCUT2D eigenvalue weighted by Gasteiger charge is 2.32. The number of nitrogens with one attached hydrogen (secondary N) is 1. The first kappa shape index (κ1) is 26.5. The van der Waals surface area contributed by atoms with Crippen molar-refractivity contribution in [2.45, 2.75) is 44.9 Å². The normalized spacial score (nSPS) is 15.8. The maximum absolute atomic E-state index is 13.9. The smallest absolute Gasteiger partial charge is 0.247 e. The van der Waals surface area contributed by atoms with Crippen LogP contribution < -0.4 is 5.32 Å². The van der Waals surface area contributed by atoms with Crippen LogP contribution in [0, 0.1) is 12.7 Å². The summed E-state index contributed by atoms with van der Waals surface area (Å²) in [4.78, 5) is 29.2. The minimum absolute atomic E-state index is 0.0548. The summed E-state index contributed by atoms with van der Waals surface area (Å²) in [5, 5.41) is 11.3. The highest BCUT2D eigenvalue weighted by molar-refractivity contribution is 5.89. The summed E-state index contributed by atoms with van der Waals surface area (Å²) in [5.74, 6) is -1.04. The van der Waals surface area contributed by atoms with Crippen molar-refractivity contribution in [1.29, 1.82) is 0 Å². The third-order valence-electron chi connectivity index (χ3n) is 7.02. The summed E-state index contributed by atoms with van der Waals surface area (Å²) in [6.45, 7) is 3.23. The second-order valence-corrected chi connectivity index (χ2v) is 9.90. The molecule has 2 amide bonds. The van der Waals surface area contributed by atoms with E-state index in [9.17, 15) is 14.0 Å². The molecule has 2 unspecified atom stereocenters. The van der Waals surface area contributed by atoms with Crippen LogP contribution in [0.25, 0.3) is 11.0 Å². The summed E-state index contributed by atoms with van der Waals surface area (Å²) in [6.07, 6.45) is 2.31. The van der Waals surface area contributed by atoms with E-state index in [1.54, 1.807) is 21.7 Å². The Bertz CT molecular complexity index is 1430. The maximum Gasteiger partial charge on any atom is 0.247 e. The van der Waals surface area contributed by atoms with E-state index in [4.69, 9.17) is 4.74 Å². The van der Waals surface area contributed by atoms with E-state index in [1.165, 1.54) is 12.1 Å². The van der Waals surface area contributed by atoms with Crippen molar-refractivity contribution in [3.63, 3.8) is 0 Å². The van der Waals surface area contributed by atoms with Crippen LogP contribution in [0.5, 0.6) is 0 Å². The van der Waals surface area contributed by atoms with Crippen molar-refractivity contribution in [2.24, 2.45) is 0 Å². The molecule has 2 heterocycles. The lowest BCUT2D eigenvalue weighted by Crippen LogP contribution is -2.47. The van der Waals surface area contributed by atoms with E-state index in [0.29, 0.717) is 30.7 Å². The van der Waals surface area contributed by atoms with Gasteiger partial charge in [-0.2, -0.15) is 0 Å². The molecule has 0 saturated carbocycles. The lowest BCUT2D eigenvalue weighted by Gasteiger charge is -2.32. The van der Waals surface area contributed by atoms with Crippen LogP contribution in [0.3, 0.4) is 0 Å². The fourth-order valence-corrected chi connectivity index (χ4v) is 5.00. The number of carbonyl (C=O) groups excluding carboxylic acids is 2. The van der Waals surface area contributed by atoms with Crippen LogP contribution in [0.4, 0.5) is 4.39 Å². The molecule has 2 atom stereocenters. The maximum atomic E-state index is 13.9. The minimum atomic E-state index is -0.959. The lowest BCUT2D eigenvalue weighted by molar-refractivity contribution is -0.141. The van der Waals surface area contributed by atoms with Crippen molar-refractivity contribution >= 4 is 22.8 Å². The standard InChI is InChI=1S/C30H32FN5O3/c1-21-6-4-7-22(18-21)15-16-35(28(37)20-36-27-10-3-2-9-26(27)33-34-36)29(23-11-13-24(31)14-12-23)30(38)32-19-25-8-5-17-39-25/h2-4,6-7,9-14,18,25,29H,5,8,15-17,19-20H2,1H3,(H,32,38). The van der Waals surface area contributed by atoms with Gasteiger partial charge in [-0.1, -0.05) is 59.3 Å². The van der Waals surface area contributed by atoms with Gasteiger partial charge in [0.05, 0.1) is 11.6 Å². The van der Waals surface area contributed by atoms with Gasteiger partial charge in [-0.15, -0.1) is 5.10 Å². The van der Waals surface area contributed by atoms with Crippen molar-refractivity contribution in [3.05, 3.63) is 95.3 Å². The van der Waals surface area contributed by atoms with E-state index in [0.717, 1.165) is 29.5 Å². The number of amides is 2. The number of aromatic nitrogens is 3. The van der Waals surface area contributed by atoms with Crippen molar-refractivity contribution < 1.29 is 18.7 Å². The van der Waals surface area contributed by atoms with Crippen LogP contribution in [-0.2, 0) is 27.3 Å². The first-order chi connectivity index (χ1) is 19.0. The summed E-state index contributed by atoms with van der Waals surface area (Å²) in [5.41, 5.74) is 4.11. The number of benzene rings is 3. The predicted octanol–water partition coefficient (Wildman–Crippen LogP) is 3.99. The lowest BCUT2D eigenvalue weighted by atomic mass is 10.0. The first-order valence-electron chi connectivity index (χ1n) is 13.3. The Hall–Kier alpha value is -4.11. The molecule has 1 aliphatic heterocycles. The van der Waals surface area contributed by atoms with Gasteiger partial charge in [0.2, 0.25) is 11.8 Å². The minimum Gasteiger partial charge on any atom is -0.376 e. The van der Waals surface area contributed by atoms with Gasteiger partial charge in [0.1, 0.15) is 23.9 Å². The molecule has 39 heavy (non-hydrogen) atoms. The van der Waals surface area contributed by atoms with Crippen LogP contribution in [0.2, 0.25) is 0 Å². The summed E-state index contributed by atoms with van der Waals surface area (Å²) >= 11 is 0. The molecule has 4 aromatic rings. The van der Waals surface area contributed by atoms with E-state index in [1.807, 2.05) is 49.4 Å². The number of hydrogen-bond donors (Lipinski definition) is 1. The van der Waals surface area contributed by atoms with Crippen LogP contribution in [0.15, 0.2) is 72.8 Å². The number of fused-ring (bicyclic) bond motifs is 1. The zero-order valence-electron chi connectivity index (χ0n) is 21.9. The fraction of sp³-hybridized carbons (Fsp3) is 0.333. The number of hydrogen-bond acceptors (Lipinski definition) is 5. The fourth-order valence-electron chi connectivity index (χ4n) is 5.00. The quantitative estimate of drug-likeness (QED) is 0.336. The number of nitrogens with zero attached hydrogens (tertiary/aromatic N) is 4. The zero-order valence-corrected chi connectivity index (χ0v) is 21.9. The molecule has 9 heteroatoms. The molecule has 1 N–H and O–H groups in total. The monoisotopic (exact) mass is 529 g/mol. The number of halogens is 1. The van der Waals surface area contributed by atoms with Gasteiger partial charge in [-0.25, -0.2) is 9.07 Å². The molecule has 202 valence electrons. The van der Waals surface area contributed by atoms with E-state index in [-0.39, 0.29) is 31.0 Å². The molecule has 0 bridgehead atoms. The Morgan fingerprint density at radius 1 is 1.13 bits per heavy atom. The third kappa shape index (κ3) is 6.49. The molecule has 1 saturated heterocycles. The van der Waals surface area contributed by atoms with Gasteiger partial charge < -0.3 is 15.0 Å². The molecule has 1 aromatic heterocycles. The van der Waals surface area contributed by atoms with Crippen molar-refractivity contribution in [3.8, 4) is 0 Å². The second-order valence-electron chi connectivity index (χ2n) is 9.90. The molecular weight excluding hydrogens is 497 g/mol. The molecule has 5 rings (SSSR count). The van der Waals surface area contributed by atoms with Gasteiger partial charge in [0.15, 0.2) is 0 Å². The predicted molar refractivity (Wildman–Crippen MR) is 145 cm³/mol. The van der Waals surface area contributed by atoms with Gasteiger partial charge in [0, 0.05) is 19.7 Å². The molecule has 1 fully saturated rings. The van der Waals surface area contributed by atoms with Crippen LogP contribution in [0.1, 0.15) is 35.6 Å². The average Bonchev–Trinajstić information content (AvgIpc) is 3.61. The third-order valence-corrected chi connectivity index (χ3v) is 7.02. The highest BCUT2D eigenvalue weighted by atomic mass is 19.1. The Kier molecular flexibility index (Phi) is 8.27. The first-order valence-corrected chi connectivity index (χ1v) is 13.3. The molecule has 0 radical (unpaired) electrons. The van der Waals surface area contributed by atoms with E-state index < -0.39 is 11.9 Å². The Morgan fingerprint density at radius 2 is 1.95 bits per heavy atom. The second kappa shape index (κ2) is 12.2. The molecule has 1 aliphatic rings. The zero-order chi connectivity index (χ0) is 27.2. The van der Waals surface area contributed by atoms with Gasteiger partial charge in [-0.3, -0.25) is 9.59 Å². The number of ether oxygens (including phenoxy) is 1. The number of rotatable bonds is 10. The highest BCUT2D eigenvalue weighted by Crippen LogP contribution is 2.24. The summed E-state index contributed by atoms with van der Waals surface area (Å²) < 4.78 is 21.1. The Labute approximate surface area is 226 Å². The van der Waals surface area contributed by atoms with Gasteiger partial charge >= 0.3 is 0 Å². The number of carbonyl (C=O) groups is 2. The van der Waals surface area contributed by atoms with Crippen LogP contribution in [-0.4, -0.2) is 57.5 Å². The molecule has 0 aliphatic carbocycles. The number of aryl methyl sites for hydroxylation is 1. The average molecular weight is 530 g/mol. The molecular formula is C30H32FN5O3. The summed E-state index contributed by atoms with van der Waals surface area (Å²) in [7, 11) is 0. The topological polar surface area (TPSA) is 89.4 Å². The SMILES string of the molecule is Cc1cccc(CCN(C(=O)Cn2nnc3ccccc32)C(C(=O)NCC2CCCO2)c2ccc(F)cc2)c1.